The predicted octanol–water partition coefficient (Wildman–Crippen LogP) is 3.98. The van der Waals surface area contributed by atoms with Gasteiger partial charge >= 0.3 is 5.97 Å². The first-order valence-corrected chi connectivity index (χ1v) is 6.51. The van der Waals surface area contributed by atoms with Crippen molar-refractivity contribution in [1.82, 2.24) is 0 Å². The number of carboxylic acids is 1. The van der Waals surface area contributed by atoms with Gasteiger partial charge in [-0.1, -0.05) is 6.07 Å². The van der Waals surface area contributed by atoms with Crippen LogP contribution in [0.25, 0.3) is 0 Å². The van der Waals surface area contributed by atoms with Crippen molar-refractivity contribution in [3.63, 3.8) is 0 Å². The molecule has 0 radical (unpaired) electrons. The zero-order valence-corrected chi connectivity index (χ0v) is 11.5. The van der Waals surface area contributed by atoms with Gasteiger partial charge in [0.15, 0.2) is 0 Å². The molecular weight excluding hydrogens is 302 g/mol. The Morgan fingerprint density at radius 3 is 2.71 bits per heavy atom. The highest BCUT2D eigenvalue weighted by atomic mass is 79.9. The van der Waals surface area contributed by atoms with Crippen LogP contribution in [-0.4, -0.2) is 18.1 Å². The van der Waals surface area contributed by atoms with Crippen LogP contribution in [0.15, 0.2) is 40.2 Å². The molecule has 0 unspecified atom stereocenters. The first-order chi connectivity index (χ1) is 8.08. The van der Waals surface area contributed by atoms with Crippen molar-refractivity contribution in [1.29, 1.82) is 0 Å². The maximum atomic E-state index is 10.9. The normalized spacial score (nSPS) is 10.2. The van der Waals surface area contributed by atoms with E-state index in [2.05, 4.69) is 15.9 Å². The van der Waals surface area contributed by atoms with E-state index in [1.807, 2.05) is 30.1 Å². The average Bonchev–Trinajstić information content (AvgIpc) is 2.75. The molecule has 1 N–H and O–H groups in total. The van der Waals surface area contributed by atoms with Crippen molar-refractivity contribution < 1.29 is 9.90 Å². The molecule has 1 aromatic heterocycles. The van der Waals surface area contributed by atoms with Crippen LogP contribution in [0, 0.1) is 0 Å². The van der Waals surface area contributed by atoms with Gasteiger partial charge in [0, 0.05) is 12.7 Å². The van der Waals surface area contributed by atoms with Gasteiger partial charge in [0.05, 0.1) is 14.4 Å². The van der Waals surface area contributed by atoms with Gasteiger partial charge in [0.25, 0.3) is 0 Å². The van der Waals surface area contributed by atoms with E-state index >= 15 is 0 Å². The van der Waals surface area contributed by atoms with Crippen molar-refractivity contribution in [3.8, 4) is 0 Å². The van der Waals surface area contributed by atoms with Gasteiger partial charge in [-0.05, 0) is 46.3 Å². The van der Waals surface area contributed by atoms with Crippen molar-refractivity contribution in [3.05, 3.63) is 45.7 Å². The summed E-state index contributed by atoms with van der Waals surface area (Å²) < 4.78 is 1.05. The molecule has 17 heavy (non-hydrogen) atoms. The van der Waals surface area contributed by atoms with E-state index in [0.29, 0.717) is 5.56 Å². The molecule has 0 atom stereocenters. The number of hydrogen-bond donors (Lipinski definition) is 1. The molecule has 0 bridgehead atoms. The fraction of sp³-hybridized carbons (Fsp3) is 0.0833. The van der Waals surface area contributed by atoms with Crippen LogP contribution in [-0.2, 0) is 0 Å². The Labute approximate surface area is 111 Å². The van der Waals surface area contributed by atoms with Crippen LogP contribution in [0.5, 0.6) is 0 Å². The van der Waals surface area contributed by atoms with Crippen LogP contribution < -0.4 is 4.90 Å². The SMILES string of the molecule is CN(c1cccc(C(=O)O)c1)c1ccc(Br)s1. The van der Waals surface area contributed by atoms with Gasteiger partial charge in [0.1, 0.15) is 0 Å². The van der Waals surface area contributed by atoms with E-state index in [9.17, 15) is 4.79 Å². The molecule has 0 saturated heterocycles. The van der Waals surface area contributed by atoms with Gasteiger partial charge in [-0.3, -0.25) is 0 Å². The fourth-order valence-electron chi connectivity index (χ4n) is 1.46. The summed E-state index contributed by atoms with van der Waals surface area (Å²) >= 11 is 5.01. The standard InChI is InChI=1S/C12H10BrNO2S/c1-14(11-6-5-10(13)17-11)9-4-2-3-8(7-9)12(15)16/h2-7H,1H3,(H,15,16). The van der Waals surface area contributed by atoms with Crippen LogP contribution in [0.1, 0.15) is 10.4 Å². The third-order valence-electron chi connectivity index (χ3n) is 2.37. The van der Waals surface area contributed by atoms with E-state index < -0.39 is 5.97 Å². The maximum absolute atomic E-state index is 10.9. The molecular formula is C12H10BrNO2S. The molecule has 0 aliphatic carbocycles. The Kier molecular flexibility index (Phi) is 3.49. The van der Waals surface area contributed by atoms with Gasteiger partial charge in [-0.25, -0.2) is 4.79 Å². The number of anilines is 2. The number of aromatic carboxylic acids is 1. The lowest BCUT2D eigenvalue weighted by atomic mass is 10.2. The molecule has 2 aromatic rings. The molecule has 1 aromatic carbocycles. The number of halogens is 1. The highest BCUT2D eigenvalue weighted by Crippen LogP contribution is 2.33. The topological polar surface area (TPSA) is 40.5 Å². The average molecular weight is 312 g/mol. The van der Waals surface area contributed by atoms with E-state index in [1.165, 1.54) is 0 Å². The number of rotatable bonds is 3. The lowest BCUT2D eigenvalue weighted by molar-refractivity contribution is 0.0697. The van der Waals surface area contributed by atoms with E-state index in [0.717, 1.165) is 14.5 Å². The Morgan fingerprint density at radius 2 is 2.12 bits per heavy atom. The molecule has 0 amide bonds. The van der Waals surface area contributed by atoms with Crippen LogP contribution in [0.2, 0.25) is 0 Å². The van der Waals surface area contributed by atoms with Gasteiger partial charge in [-0.2, -0.15) is 0 Å². The molecule has 0 fully saturated rings. The van der Waals surface area contributed by atoms with Crippen molar-refractivity contribution in [2.45, 2.75) is 0 Å². The number of carbonyl (C=O) groups is 1. The van der Waals surface area contributed by atoms with Crippen molar-refractivity contribution >= 4 is 43.9 Å². The molecule has 0 aliphatic rings. The highest BCUT2D eigenvalue weighted by molar-refractivity contribution is 9.11. The number of hydrogen-bond acceptors (Lipinski definition) is 3. The largest absolute Gasteiger partial charge is 0.478 e. The summed E-state index contributed by atoms with van der Waals surface area (Å²) in [5.74, 6) is -0.910. The van der Waals surface area contributed by atoms with E-state index in [-0.39, 0.29) is 0 Å². The third-order valence-corrected chi connectivity index (χ3v) is 4.07. The quantitative estimate of drug-likeness (QED) is 0.932. The summed E-state index contributed by atoms with van der Waals surface area (Å²) in [6.45, 7) is 0. The minimum atomic E-state index is -0.910. The van der Waals surface area contributed by atoms with Gasteiger partial charge < -0.3 is 10.0 Å². The molecule has 3 nitrogen and oxygen atoms in total. The summed E-state index contributed by atoms with van der Waals surface area (Å²) in [7, 11) is 1.92. The number of thiophene rings is 1. The minimum Gasteiger partial charge on any atom is -0.478 e. The van der Waals surface area contributed by atoms with Crippen LogP contribution in [0.3, 0.4) is 0 Å². The van der Waals surface area contributed by atoms with Gasteiger partial charge in [0.2, 0.25) is 0 Å². The van der Waals surface area contributed by atoms with Crippen LogP contribution in [0.4, 0.5) is 10.7 Å². The van der Waals surface area contributed by atoms with Crippen molar-refractivity contribution in [2.24, 2.45) is 0 Å². The van der Waals surface area contributed by atoms with Crippen LogP contribution >= 0.6 is 27.3 Å². The number of benzene rings is 1. The van der Waals surface area contributed by atoms with E-state index in [4.69, 9.17) is 5.11 Å². The summed E-state index contributed by atoms with van der Waals surface area (Å²) in [6, 6.07) is 10.8. The maximum Gasteiger partial charge on any atom is 0.335 e. The Balaban J connectivity index is 2.33. The molecule has 88 valence electrons. The molecule has 0 spiro atoms. The zero-order valence-electron chi connectivity index (χ0n) is 9.05. The minimum absolute atomic E-state index is 0.296. The molecule has 0 aliphatic heterocycles. The number of nitrogens with zero attached hydrogens (tertiary/aromatic N) is 1. The summed E-state index contributed by atoms with van der Waals surface area (Å²) in [4.78, 5) is 12.9. The molecule has 1 heterocycles. The fourth-order valence-corrected chi connectivity index (χ4v) is 2.80. The summed E-state index contributed by atoms with van der Waals surface area (Å²) in [5, 5.41) is 10.00. The lowest BCUT2D eigenvalue weighted by Crippen LogP contribution is -2.08. The Hall–Kier alpha value is -1.33. The Morgan fingerprint density at radius 1 is 1.35 bits per heavy atom. The second kappa shape index (κ2) is 4.89. The molecule has 2 rings (SSSR count). The van der Waals surface area contributed by atoms with Crippen molar-refractivity contribution in [2.75, 3.05) is 11.9 Å². The molecule has 0 saturated carbocycles. The first kappa shape index (κ1) is 12.1. The second-order valence-electron chi connectivity index (χ2n) is 3.49. The highest BCUT2D eigenvalue weighted by Gasteiger charge is 2.09. The summed E-state index contributed by atoms with van der Waals surface area (Å²) in [5.41, 5.74) is 1.16. The molecule has 5 heteroatoms. The lowest BCUT2D eigenvalue weighted by Gasteiger charge is -2.17. The smallest absolute Gasteiger partial charge is 0.335 e. The Bertz CT molecular complexity index is 553. The predicted molar refractivity (Wildman–Crippen MR) is 73.5 cm³/mol. The zero-order chi connectivity index (χ0) is 12.4. The monoisotopic (exact) mass is 311 g/mol. The third kappa shape index (κ3) is 2.68. The van der Waals surface area contributed by atoms with Gasteiger partial charge in [-0.15, -0.1) is 11.3 Å². The number of carboxylic acid groups (broad SMARTS) is 1. The first-order valence-electron chi connectivity index (χ1n) is 4.90. The second-order valence-corrected chi connectivity index (χ2v) is 5.93. The summed E-state index contributed by atoms with van der Waals surface area (Å²) in [6.07, 6.45) is 0. The van der Waals surface area contributed by atoms with E-state index in [1.54, 1.807) is 29.5 Å².